The van der Waals surface area contributed by atoms with Crippen LogP contribution in [-0.2, 0) is 6.54 Å². The number of nitrogens with two attached hydrogens (primary N) is 1. The summed E-state index contributed by atoms with van der Waals surface area (Å²) in [5.41, 5.74) is 5.82. The molecule has 0 bridgehead atoms. The van der Waals surface area contributed by atoms with Crippen molar-refractivity contribution in [2.24, 2.45) is 5.73 Å². The van der Waals surface area contributed by atoms with Crippen molar-refractivity contribution in [3.05, 3.63) is 21.3 Å². The molecule has 14 heavy (non-hydrogen) atoms. The zero-order chi connectivity index (χ0) is 9.26. The zero-order valence-corrected chi connectivity index (χ0v) is 10.2. The standard InChI is InChI=1S/C9H13ClN2S.ClH/c10-8-2-4-13-9(8)6-12-3-1-7(11)5-12;/h2,4,7H,1,3,5-6,11H2;1H. The van der Waals surface area contributed by atoms with Gasteiger partial charge in [-0.25, -0.2) is 0 Å². The number of likely N-dealkylation sites (tertiary alicyclic amines) is 1. The Bertz CT molecular complexity index is 290. The van der Waals surface area contributed by atoms with Gasteiger partial charge in [-0.05, 0) is 17.9 Å². The van der Waals surface area contributed by atoms with E-state index in [1.165, 1.54) is 4.88 Å². The molecule has 1 aliphatic rings. The fourth-order valence-electron chi connectivity index (χ4n) is 1.65. The third-order valence-electron chi connectivity index (χ3n) is 2.37. The summed E-state index contributed by atoms with van der Waals surface area (Å²) >= 11 is 7.73. The molecule has 80 valence electrons. The third kappa shape index (κ3) is 2.84. The summed E-state index contributed by atoms with van der Waals surface area (Å²) < 4.78 is 0. The van der Waals surface area contributed by atoms with Gasteiger partial charge in [0.15, 0.2) is 0 Å². The molecule has 2 heterocycles. The number of hydrogen-bond donors (Lipinski definition) is 1. The van der Waals surface area contributed by atoms with Gasteiger partial charge >= 0.3 is 0 Å². The van der Waals surface area contributed by atoms with Gasteiger partial charge < -0.3 is 5.73 Å². The summed E-state index contributed by atoms with van der Waals surface area (Å²) in [6.07, 6.45) is 1.11. The van der Waals surface area contributed by atoms with Crippen molar-refractivity contribution in [1.29, 1.82) is 0 Å². The van der Waals surface area contributed by atoms with Crippen LogP contribution in [0.2, 0.25) is 5.02 Å². The van der Waals surface area contributed by atoms with Crippen LogP contribution in [0.15, 0.2) is 11.4 Å². The molecular weight excluding hydrogens is 239 g/mol. The van der Waals surface area contributed by atoms with Crippen LogP contribution >= 0.6 is 35.3 Å². The van der Waals surface area contributed by atoms with Crippen molar-refractivity contribution < 1.29 is 0 Å². The highest BCUT2D eigenvalue weighted by molar-refractivity contribution is 7.10. The monoisotopic (exact) mass is 252 g/mol. The maximum atomic E-state index is 6.01. The normalized spacial score (nSPS) is 22.3. The summed E-state index contributed by atoms with van der Waals surface area (Å²) in [6.45, 7) is 3.08. The summed E-state index contributed by atoms with van der Waals surface area (Å²) in [6, 6.07) is 2.32. The van der Waals surface area contributed by atoms with Crippen LogP contribution in [0.5, 0.6) is 0 Å². The first-order valence-electron chi connectivity index (χ1n) is 4.45. The Hall–Kier alpha value is 0.200. The lowest BCUT2D eigenvalue weighted by molar-refractivity contribution is 0.330. The lowest BCUT2D eigenvalue weighted by atomic mass is 10.3. The minimum atomic E-state index is 0. The summed E-state index contributed by atoms with van der Waals surface area (Å²) in [7, 11) is 0. The summed E-state index contributed by atoms with van der Waals surface area (Å²) in [4.78, 5) is 3.62. The number of hydrogen-bond acceptors (Lipinski definition) is 3. The van der Waals surface area contributed by atoms with Gasteiger partial charge in [0.05, 0.1) is 5.02 Å². The average molecular weight is 253 g/mol. The molecule has 1 aliphatic heterocycles. The highest BCUT2D eigenvalue weighted by Crippen LogP contribution is 2.24. The first-order chi connectivity index (χ1) is 6.25. The Morgan fingerprint density at radius 1 is 1.64 bits per heavy atom. The van der Waals surface area contributed by atoms with E-state index in [1.807, 2.05) is 11.4 Å². The number of thiophene rings is 1. The van der Waals surface area contributed by atoms with Gasteiger partial charge in [0.25, 0.3) is 0 Å². The molecule has 2 rings (SSSR count). The van der Waals surface area contributed by atoms with Gasteiger partial charge in [0.2, 0.25) is 0 Å². The molecule has 0 spiro atoms. The maximum absolute atomic E-state index is 6.01. The second-order valence-electron chi connectivity index (χ2n) is 3.48. The van der Waals surface area contributed by atoms with E-state index in [2.05, 4.69) is 4.90 Å². The van der Waals surface area contributed by atoms with Gasteiger partial charge in [-0.15, -0.1) is 23.7 Å². The fourth-order valence-corrected chi connectivity index (χ4v) is 2.78. The third-order valence-corrected chi connectivity index (χ3v) is 3.74. The molecule has 0 saturated carbocycles. The van der Waals surface area contributed by atoms with Crippen molar-refractivity contribution in [3.63, 3.8) is 0 Å². The predicted octanol–water partition coefficient (Wildman–Crippen LogP) is 2.36. The Labute approximate surface area is 99.4 Å². The van der Waals surface area contributed by atoms with Crippen molar-refractivity contribution in [2.45, 2.75) is 19.0 Å². The lowest BCUT2D eigenvalue weighted by Gasteiger charge is -2.13. The number of halogens is 2. The molecule has 0 amide bonds. The van der Waals surface area contributed by atoms with Gasteiger partial charge in [-0.2, -0.15) is 0 Å². The summed E-state index contributed by atoms with van der Waals surface area (Å²) in [5.74, 6) is 0. The molecule has 1 aromatic heterocycles. The molecule has 1 unspecified atom stereocenters. The van der Waals surface area contributed by atoms with E-state index in [1.54, 1.807) is 11.3 Å². The van der Waals surface area contributed by atoms with Crippen molar-refractivity contribution in [2.75, 3.05) is 13.1 Å². The number of nitrogens with zero attached hydrogens (tertiary/aromatic N) is 1. The molecule has 0 aliphatic carbocycles. The van der Waals surface area contributed by atoms with Crippen LogP contribution in [0.1, 0.15) is 11.3 Å². The zero-order valence-electron chi connectivity index (χ0n) is 7.78. The Balaban J connectivity index is 0.000000980. The van der Waals surface area contributed by atoms with Gasteiger partial charge in [0.1, 0.15) is 0 Å². The molecule has 1 atom stereocenters. The second kappa shape index (κ2) is 5.33. The minimum absolute atomic E-state index is 0. The highest BCUT2D eigenvalue weighted by atomic mass is 35.5. The maximum Gasteiger partial charge on any atom is 0.0558 e. The van der Waals surface area contributed by atoms with E-state index in [9.17, 15) is 0 Å². The van der Waals surface area contributed by atoms with Crippen LogP contribution in [0, 0.1) is 0 Å². The molecule has 1 saturated heterocycles. The van der Waals surface area contributed by atoms with E-state index >= 15 is 0 Å². The molecule has 1 fully saturated rings. The van der Waals surface area contributed by atoms with E-state index < -0.39 is 0 Å². The molecule has 1 aromatic rings. The fraction of sp³-hybridized carbons (Fsp3) is 0.556. The smallest absolute Gasteiger partial charge is 0.0558 e. The molecular formula is C9H14Cl2N2S. The van der Waals surface area contributed by atoms with E-state index in [4.69, 9.17) is 17.3 Å². The Kier molecular flexibility index (Phi) is 4.67. The van der Waals surface area contributed by atoms with Crippen LogP contribution in [0.25, 0.3) is 0 Å². The quantitative estimate of drug-likeness (QED) is 0.876. The average Bonchev–Trinajstić information content (AvgIpc) is 2.64. The topological polar surface area (TPSA) is 29.3 Å². The second-order valence-corrected chi connectivity index (χ2v) is 4.88. The van der Waals surface area contributed by atoms with E-state index in [0.717, 1.165) is 31.1 Å². The van der Waals surface area contributed by atoms with Gasteiger partial charge in [-0.1, -0.05) is 11.6 Å². The predicted molar refractivity (Wildman–Crippen MR) is 64.4 cm³/mol. The van der Waals surface area contributed by atoms with Crippen LogP contribution in [-0.4, -0.2) is 24.0 Å². The highest BCUT2D eigenvalue weighted by Gasteiger charge is 2.19. The molecule has 2 N–H and O–H groups in total. The van der Waals surface area contributed by atoms with E-state index in [0.29, 0.717) is 6.04 Å². The van der Waals surface area contributed by atoms with Crippen LogP contribution < -0.4 is 5.73 Å². The largest absolute Gasteiger partial charge is 0.326 e. The molecule has 5 heteroatoms. The minimum Gasteiger partial charge on any atom is -0.326 e. The van der Waals surface area contributed by atoms with Crippen molar-refractivity contribution >= 4 is 35.3 Å². The van der Waals surface area contributed by atoms with E-state index in [-0.39, 0.29) is 12.4 Å². The van der Waals surface area contributed by atoms with Crippen LogP contribution in [0.3, 0.4) is 0 Å². The first kappa shape index (κ1) is 12.3. The Morgan fingerprint density at radius 3 is 2.93 bits per heavy atom. The lowest BCUT2D eigenvalue weighted by Crippen LogP contribution is -2.25. The van der Waals surface area contributed by atoms with Crippen molar-refractivity contribution in [3.8, 4) is 0 Å². The van der Waals surface area contributed by atoms with Crippen molar-refractivity contribution in [1.82, 2.24) is 4.90 Å². The van der Waals surface area contributed by atoms with Gasteiger partial charge in [-0.3, -0.25) is 4.90 Å². The molecule has 2 nitrogen and oxygen atoms in total. The first-order valence-corrected chi connectivity index (χ1v) is 5.71. The number of rotatable bonds is 2. The SMILES string of the molecule is Cl.NC1CCN(Cc2sccc2Cl)C1. The summed E-state index contributed by atoms with van der Waals surface area (Å²) in [5, 5.41) is 2.93. The Morgan fingerprint density at radius 2 is 2.43 bits per heavy atom. The molecule has 0 aromatic carbocycles. The van der Waals surface area contributed by atoms with Gasteiger partial charge in [0, 0.05) is 30.6 Å². The molecule has 0 radical (unpaired) electrons. The van der Waals surface area contributed by atoms with Crippen LogP contribution in [0.4, 0.5) is 0 Å².